The van der Waals surface area contributed by atoms with Crippen LogP contribution in [-0.4, -0.2) is 16.7 Å². The van der Waals surface area contributed by atoms with Gasteiger partial charge in [0.1, 0.15) is 11.6 Å². The van der Waals surface area contributed by atoms with E-state index in [4.69, 9.17) is 0 Å². The molecule has 1 heterocycles. The molecule has 21 heavy (non-hydrogen) atoms. The van der Waals surface area contributed by atoms with E-state index in [0.717, 1.165) is 30.0 Å². The molecule has 2 aromatic rings. The molecule has 3 rings (SSSR count). The maximum Gasteiger partial charge on any atom is 0.236 e. The summed E-state index contributed by atoms with van der Waals surface area (Å²) in [6, 6.07) is 9.66. The van der Waals surface area contributed by atoms with Gasteiger partial charge in [0, 0.05) is 18.0 Å². The number of hydrogen-bond donors (Lipinski definition) is 1. The summed E-state index contributed by atoms with van der Waals surface area (Å²) in [5, 5.41) is 4.76. The molecule has 1 amide bonds. The summed E-state index contributed by atoms with van der Waals surface area (Å²) in [7, 11) is 0. The zero-order valence-electron chi connectivity index (χ0n) is 11.8. The number of anilines is 1. The highest BCUT2D eigenvalue weighted by molar-refractivity contribution is 6.09. The van der Waals surface area contributed by atoms with Gasteiger partial charge in [-0.25, -0.2) is 4.98 Å². The summed E-state index contributed by atoms with van der Waals surface area (Å²) in [6.07, 6.45) is 5.70. The molecule has 1 saturated carbocycles. The van der Waals surface area contributed by atoms with Crippen LogP contribution in [-0.2, 0) is 9.59 Å². The highest BCUT2D eigenvalue weighted by Gasteiger charge is 2.28. The smallest absolute Gasteiger partial charge is 0.236 e. The number of fused-ring (bicyclic) bond motifs is 1. The summed E-state index contributed by atoms with van der Waals surface area (Å²) in [5.74, 6) is -0.139. The number of pyridine rings is 1. The standard InChI is InChI=1S/C17H18N2O2/c20-15-9-3-1-2-8-14(15)17(21)19-16-13-7-5-4-6-12(13)10-11-18-16/h4-7,10-11,14H,1-3,8-9H2,(H,18,19,21). The largest absolute Gasteiger partial charge is 0.310 e. The van der Waals surface area contributed by atoms with Crippen LogP contribution in [0.2, 0.25) is 0 Å². The van der Waals surface area contributed by atoms with Gasteiger partial charge >= 0.3 is 0 Å². The number of benzene rings is 1. The first-order valence-electron chi connectivity index (χ1n) is 7.43. The highest BCUT2D eigenvalue weighted by Crippen LogP contribution is 2.24. The normalized spacial score (nSPS) is 19.2. The molecular formula is C17H18N2O2. The second kappa shape index (κ2) is 6.04. The van der Waals surface area contributed by atoms with Crippen molar-refractivity contribution in [3.63, 3.8) is 0 Å². The Labute approximate surface area is 123 Å². The second-order valence-corrected chi connectivity index (χ2v) is 5.49. The molecule has 0 radical (unpaired) electrons. The molecule has 4 heteroatoms. The molecule has 4 nitrogen and oxygen atoms in total. The number of nitrogens with one attached hydrogen (secondary N) is 1. The average molecular weight is 282 g/mol. The summed E-state index contributed by atoms with van der Waals surface area (Å²) < 4.78 is 0. The first-order chi connectivity index (χ1) is 10.3. The van der Waals surface area contributed by atoms with E-state index in [1.807, 2.05) is 30.3 Å². The van der Waals surface area contributed by atoms with Gasteiger partial charge in [0.25, 0.3) is 0 Å². The van der Waals surface area contributed by atoms with Crippen LogP contribution < -0.4 is 5.32 Å². The number of aromatic nitrogens is 1. The molecule has 1 fully saturated rings. The third kappa shape index (κ3) is 2.94. The molecule has 108 valence electrons. The number of carbonyl (C=O) groups excluding carboxylic acids is 2. The van der Waals surface area contributed by atoms with Gasteiger partial charge < -0.3 is 5.32 Å². The lowest BCUT2D eigenvalue weighted by Gasteiger charge is -2.13. The van der Waals surface area contributed by atoms with E-state index in [-0.39, 0.29) is 11.7 Å². The molecule has 1 aromatic heterocycles. The Morgan fingerprint density at radius 2 is 2.00 bits per heavy atom. The van der Waals surface area contributed by atoms with Crippen molar-refractivity contribution >= 4 is 28.3 Å². The van der Waals surface area contributed by atoms with Crippen molar-refractivity contribution < 1.29 is 9.59 Å². The number of nitrogens with zero attached hydrogens (tertiary/aromatic N) is 1. The first kappa shape index (κ1) is 13.7. The van der Waals surface area contributed by atoms with Crippen molar-refractivity contribution in [3.05, 3.63) is 36.5 Å². The highest BCUT2D eigenvalue weighted by atomic mass is 16.2. The lowest BCUT2D eigenvalue weighted by atomic mass is 9.98. The number of Topliss-reactive ketones (excluding diaryl/α,β-unsaturated/α-hetero) is 1. The molecule has 1 atom stereocenters. The van der Waals surface area contributed by atoms with Crippen LogP contribution in [0.5, 0.6) is 0 Å². The predicted octanol–water partition coefficient (Wildman–Crippen LogP) is 3.32. The fourth-order valence-corrected chi connectivity index (χ4v) is 2.86. The summed E-state index contributed by atoms with van der Waals surface area (Å²) in [5.41, 5.74) is 0. The molecule has 1 N–H and O–H groups in total. The van der Waals surface area contributed by atoms with Crippen LogP contribution in [0.15, 0.2) is 36.5 Å². The minimum absolute atomic E-state index is 0.0604. The molecule has 0 saturated heterocycles. The monoisotopic (exact) mass is 282 g/mol. The molecule has 0 spiro atoms. The van der Waals surface area contributed by atoms with Crippen LogP contribution in [0, 0.1) is 5.92 Å². The second-order valence-electron chi connectivity index (χ2n) is 5.49. The number of amides is 1. The van der Waals surface area contributed by atoms with Crippen LogP contribution in [0.1, 0.15) is 32.1 Å². The van der Waals surface area contributed by atoms with E-state index in [2.05, 4.69) is 10.3 Å². The number of carbonyl (C=O) groups is 2. The van der Waals surface area contributed by atoms with Crippen molar-refractivity contribution in [2.45, 2.75) is 32.1 Å². The number of rotatable bonds is 2. The van der Waals surface area contributed by atoms with Gasteiger partial charge in [0.05, 0.1) is 5.92 Å². The third-order valence-electron chi connectivity index (χ3n) is 4.04. The lowest BCUT2D eigenvalue weighted by Crippen LogP contribution is -2.29. The van der Waals surface area contributed by atoms with E-state index < -0.39 is 5.92 Å². The predicted molar refractivity (Wildman–Crippen MR) is 82.0 cm³/mol. The van der Waals surface area contributed by atoms with Gasteiger partial charge in [-0.2, -0.15) is 0 Å². The molecular weight excluding hydrogens is 264 g/mol. The van der Waals surface area contributed by atoms with Crippen molar-refractivity contribution in [2.24, 2.45) is 5.92 Å². The quantitative estimate of drug-likeness (QED) is 0.679. The summed E-state index contributed by atoms with van der Waals surface area (Å²) in [6.45, 7) is 0. The summed E-state index contributed by atoms with van der Waals surface area (Å²) >= 11 is 0. The van der Waals surface area contributed by atoms with E-state index in [9.17, 15) is 9.59 Å². The van der Waals surface area contributed by atoms with Crippen LogP contribution in [0.3, 0.4) is 0 Å². The van der Waals surface area contributed by atoms with Crippen molar-refractivity contribution in [1.29, 1.82) is 0 Å². The van der Waals surface area contributed by atoms with Gasteiger partial charge in [-0.15, -0.1) is 0 Å². The van der Waals surface area contributed by atoms with Crippen LogP contribution in [0.25, 0.3) is 10.8 Å². The molecule has 1 aliphatic carbocycles. The topological polar surface area (TPSA) is 59.1 Å². The van der Waals surface area contributed by atoms with E-state index in [1.165, 1.54) is 0 Å². The van der Waals surface area contributed by atoms with Crippen LogP contribution >= 0.6 is 0 Å². The Hall–Kier alpha value is -2.23. The van der Waals surface area contributed by atoms with E-state index in [0.29, 0.717) is 18.7 Å². The SMILES string of the molecule is O=C1CCCCCC1C(=O)Nc1nccc2ccccc12. The first-order valence-corrected chi connectivity index (χ1v) is 7.43. The molecule has 1 unspecified atom stereocenters. The third-order valence-corrected chi connectivity index (χ3v) is 4.04. The fraction of sp³-hybridized carbons (Fsp3) is 0.353. The van der Waals surface area contributed by atoms with E-state index >= 15 is 0 Å². The van der Waals surface area contributed by atoms with Crippen molar-refractivity contribution in [2.75, 3.05) is 5.32 Å². The van der Waals surface area contributed by atoms with E-state index in [1.54, 1.807) is 6.20 Å². The zero-order valence-corrected chi connectivity index (χ0v) is 11.8. The molecule has 1 aromatic carbocycles. The zero-order chi connectivity index (χ0) is 14.7. The maximum absolute atomic E-state index is 12.4. The fourth-order valence-electron chi connectivity index (χ4n) is 2.86. The Kier molecular flexibility index (Phi) is 3.95. The van der Waals surface area contributed by atoms with Crippen LogP contribution in [0.4, 0.5) is 5.82 Å². The molecule has 1 aliphatic rings. The Balaban J connectivity index is 1.84. The number of ketones is 1. The van der Waals surface area contributed by atoms with Crippen molar-refractivity contribution in [3.8, 4) is 0 Å². The van der Waals surface area contributed by atoms with Gasteiger partial charge in [-0.3, -0.25) is 9.59 Å². The molecule has 0 aliphatic heterocycles. The Morgan fingerprint density at radius 1 is 1.14 bits per heavy atom. The van der Waals surface area contributed by atoms with Gasteiger partial charge in [0.15, 0.2) is 0 Å². The summed E-state index contributed by atoms with van der Waals surface area (Å²) in [4.78, 5) is 28.7. The Bertz CT molecular complexity index is 676. The minimum Gasteiger partial charge on any atom is -0.310 e. The van der Waals surface area contributed by atoms with Gasteiger partial charge in [-0.1, -0.05) is 37.1 Å². The maximum atomic E-state index is 12.4. The van der Waals surface area contributed by atoms with Crippen molar-refractivity contribution in [1.82, 2.24) is 4.98 Å². The average Bonchev–Trinajstić information content (AvgIpc) is 2.72. The van der Waals surface area contributed by atoms with Gasteiger partial charge in [-0.05, 0) is 24.3 Å². The Morgan fingerprint density at radius 3 is 2.90 bits per heavy atom. The minimum atomic E-state index is -0.520. The number of hydrogen-bond acceptors (Lipinski definition) is 3. The lowest BCUT2D eigenvalue weighted by molar-refractivity contribution is -0.131. The van der Waals surface area contributed by atoms with Gasteiger partial charge in [0.2, 0.25) is 5.91 Å². The molecule has 0 bridgehead atoms.